The smallest absolute Gasteiger partial charge is 0.322 e. The highest BCUT2D eigenvalue weighted by molar-refractivity contribution is 7.89. The molecule has 0 fully saturated rings. The number of aryl methyl sites for hydroxylation is 2. The largest absolute Gasteiger partial charge is 0.480 e. The minimum Gasteiger partial charge on any atom is -0.480 e. The number of sulfonamides is 1. The van der Waals surface area contributed by atoms with Crippen LogP contribution in [0.1, 0.15) is 16.0 Å². The van der Waals surface area contributed by atoms with Gasteiger partial charge in [-0.05, 0) is 25.5 Å². The predicted molar refractivity (Wildman–Crippen MR) is 83.5 cm³/mol. The molecule has 6 nitrogen and oxygen atoms in total. The monoisotopic (exact) mass is 340 g/mol. The van der Waals surface area contributed by atoms with Gasteiger partial charge in [-0.2, -0.15) is 4.72 Å². The lowest BCUT2D eigenvalue weighted by molar-refractivity contribution is -0.138. The van der Waals surface area contributed by atoms with E-state index in [1.165, 1.54) is 23.6 Å². The third kappa shape index (κ3) is 3.90. The Morgan fingerprint density at radius 2 is 2.14 bits per heavy atom. The first-order valence-corrected chi connectivity index (χ1v) is 8.85. The predicted octanol–water partition coefficient (Wildman–Crippen LogP) is 1.73. The van der Waals surface area contributed by atoms with Gasteiger partial charge in [0, 0.05) is 17.5 Å². The molecule has 1 atom stereocenters. The van der Waals surface area contributed by atoms with Gasteiger partial charge in [0.2, 0.25) is 10.0 Å². The molecule has 2 aromatic rings. The number of nitrogens with zero attached hydrogens (tertiary/aromatic N) is 1. The lowest BCUT2D eigenvalue weighted by Gasteiger charge is -2.15. The summed E-state index contributed by atoms with van der Waals surface area (Å²) in [6, 6.07) is 3.68. The molecular weight excluding hydrogens is 324 g/mol. The Hall–Kier alpha value is -1.77. The van der Waals surface area contributed by atoms with Crippen molar-refractivity contribution in [1.29, 1.82) is 0 Å². The van der Waals surface area contributed by atoms with E-state index in [1.54, 1.807) is 24.6 Å². The summed E-state index contributed by atoms with van der Waals surface area (Å²) in [6.07, 6.45) is 1.59. The molecule has 1 unspecified atom stereocenters. The Morgan fingerprint density at radius 1 is 1.41 bits per heavy atom. The van der Waals surface area contributed by atoms with Gasteiger partial charge in [-0.1, -0.05) is 17.7 Å². The van der Waals surface area contributed by atoms with Gasteiger partial charge in [-0.3, -0.25) is 9.78 Å². The van der Waals surface area contributed by atoms with Crippen LogP contribution in [-0.2, 0) is 21.2 Å². The van der Waals surface area contributed by atoms with Gasteiger partial charge in [0.25, 0.3) is 0 Å². The molecule has 0 saturated carbocycles. The van der Waals surface area contributed by atoms with Crippen LogP contribution in [0.15, 0.2) is 34.8 Å². The highest BCUT2D eigenvalue weighted by atomic mass is 32.2. The first kappa shape index (κ1) is 16.6. The molecule has 0 aliphatic rings. The highest BCUT2D eigenvalue weighted by Gasteiger charge is 2.27. The molecular formula is C14H16N2O4S2. The van der Waals surface area contributed by atoms with Crippen molar-refractivity contribution in [1.82, 2.24) is 9.71 Å². The highest BCUT2D eigenvalue weighted by Crippen LogP contribution is 2.18. The summed E-state index contributed by atoms with van der Waals surface area (Å²) in [5, 5.41) is 9.25. The van der Waals surface area contributed by atoms with E-state index in [-0.39, 0.29) is 11.3 Å². The molecule has 1 aromatic carbocycles. The summed E-state index contributed by atoms with van der Waals surface area (Å²) in [7, 11) is -3.90. The normalized spacial score (nSPS) is 13.0. The average Bonchev–Trinajstić information content (AvgIpc) is 2.90. The van der Waals surface area contributed by atoms with Crippen LogP contribution in [-0.4, -0.2) is 30.5 Å². The Morgan fingerprint density at radius 3 is 2.68 bits per heavy atom. The molecule has 118 valence electrons. The van der Waals surface area contributed by atoms with Crippen molar-refractivity contribution < 1.29 is 18.3 Å². The number of carbonyl (C=O) groups is 1. The van der Waals surface area contributed by atoms with Crippen LogP contribution in [0.5, 0.6) is 0 Å². The minimum atomic E-state index is -3.90. The minimum absolute atomic E-state index is 0.0597. The summed E-state index contributed by atoms with van der Waals surface area (Å²) < 4.78 is 27.1. The summed E-state index contributed by atoms with van der Waals surface area (Å²) >= 11 is 1.29. The number of rotatable bonds is 6. The maximum atomic E-state index is 12.4. The summed E-state index contributed by atoms with van der Waals surface area (Å²) in [4.78, 5) is 16.0. The number of hydrogen-bond acceptors (Lipinski definition) is 5. The topological polar surface area (TPSA) is 96.4 Å². The van der Waals surface area contributed by atoms with Crippen molar-refractivity contribution in [2.24, 2.45) is 0 Å². The van der Waals surface area contributed by atoms with Gasteiger partial charge in [-0.25, -0.2) is 8.42 Å². The van der Waals surface area contributed by atoms with Gasteiger partial charge in [0.05, 0.1) is 10.4 Å². The fourth-order valence-electron chi connectivity index (χ4n) is 2.08. The van der Waals surface area contributed by atoms with Crippen LogP contribution < -0.4 is 4.72 Å². The zero-order valence-corrected chi connectivity index (χ0v) is 13.7. The molecule has 0 aliphatic heterocycles. The van der Waals surface area contributed by atoms with E-state index in [2.05, 4.69) is 9.71 Å². The van der Waals surface area contributed by atoms with E-state index < -0.39 is 22.0 Å². The van der Waals surface area contributed by atoms with Crippen molar-refractivity contribution in [3.05, 3.63) is 45.9 Å². The summed E-state index contributed by atoms with van der Waals surface area (Å²) in [5.74, 6) is -1.22. The average molecular weight is 340 g/mol. The molecule has 0 saturated heterocycles. The van der Waals surface area contributed by atoms with Gasteiger partial charge in [-0.15, -0.1) is 11.3 Å². The van der Waals surface area contributed by atoms with E-state index in [9.17, 15) is 18.3 Å². The molecule has 1 heterocycles. The van der Waals surface area contributed by atoms with E-state index in [1.807, 2.05) is 6.92 Å². The number of nitrogens with one attached hydrogen (secondary N) is 1. The van der Waals surface area contributed by atoms with E-state index in [0.717, 1.165) is 5.56 Å². The lowest BCUT2D eigenvalue weighted by atomic mass is 10.2. The zero-order chi connectivity index (χ0) is 16.3. The van der Waals surface area contributed by atoms with Crippen LogP contribution >= 0.6 is 11.3 Å². The lowest BCUT2D eigenvalue weighted by Crippen LogP contribution is -2.42. The van der Waals surface area contributed by atoms with E-state index in [0.29, 0.717) is 10.4 Å². The number of carboxylic acid groups (broad SMARTS) is 1. The molecule has 2 N–H and O–H groups in total. The summed E-state index contributed by atoms with van der Waals surface area (Å²) in [5.41, 5.74) is 3.10. The zero-order valence-electron chi connectivity index (χ0n) is 12.1. The van der Waals surface area contributed by atoms with Crippen molar-refractivity contribution in [2.45, 2.75) is 31.2 Å². The maximum absolute atomic E-state index is 12.4. The van der Waals surface area contributed by atoms with Crippen LogP contribution in [0.25, 0.3) is 0 Å². The molecule has 8 heteroatoms. The van der Waals surface area contributed by atoms with Gasteiger partial charge >= 0.3 is 5.97 Å². The fourth-order valence-corrected chi connectivity index (χ4v) is 4.13. The molecule has 22 heavy (non-hydrogen) atoms. The van der Waals surface area contributed by atoms with E-state index >= 15 is 0 Å². The number of hydrogen-bond donors (Lipinski definition) is 2. The Kier molecular flexibility index (Phi) is 4.94. The third-order valence-corrected chi connectivity index (χ3v) is 5.54. The number of benzene rings is 1. The van der Waals surface area contributed by atoms with Crippen molar-refractivity contribution >= 4 is 27.3 Å². The SMILES string of the molecule is Cc1ccc(S(=O)(=O)NC(Cc2cncs2)C(=O)O)c(C)c1. The van der Waals surface area contributed by atoms with Crippen LogP contribution in [0.2, 0.25) is 0 Å². The second kappa shape index (κ2) is 6.55. The molecule has 0 spiro atoms. The second-order valence-corrected chi connectivity index (χ2v) is 7.61. The maximum Gasteiger partial charge on any atom is 0.322 e. The Bertz CT molecular complexity index is 770. The van der Waals surface area contributed by atoms with Crippen molar-refractivity contribution in [3.8, 4) is 0 Å². The second-order valence-electron chi connectivity index (χ2n) is 4.95. The van der Waals surface area contributed by atoms with E-state index in [4.69, 9.17) is 0 Å². The molecule has 0 aliphatic carbocycles. The standard InChI is InChI=1S/C14H16N2O4S2/c1-9-3-4-13(10(2)5-9)22(19,20)16-12(14(17)18)6-11-7-15-8-21-11/h3-5,7-8,12,16H,6H2,1-2H3,(H,17,18). The van der Waals surface area contributed by atoms with Crippen molar-refractivity contribution in [3.63, 3.8) is 0 Å². The van der Waals surface area contributed by atoms with Crippen LogP contribution in [0, 0.1) is 13.8 Å². The molecule has 0 radical (unpaired) electrons. The van der Waals surface area contributed by atoms with Crippen molar-refractivity contribution in [2.75, 3.05) is 0 Å². The molecule has 0 amide bonds. The number of aromatic nitrogens is 1. The third-order valence-electron chi connectivity index (χ3n) is 3.10. The first-order chi connectivity index (χ1) is 10.3. The van der Waals surface area contributed by atoms with Crippen LogP contribution in [0.4, 0.5) is 0 Å². The number of thiazole rings is 1. The molecule has 1 aromatic heterocycles. The first-order valence-electron chi connectivity index (χ1n) is 6.49. The molecule has 0 bridgehead atoms. The fraction of sp³-hybridized carbons (Fsp3) is 0.286. The summed E-state index contributed by atoms with van der Waals surface area (Å²) in [6.45, 7) is 3.54. The Balaban J connectivity index is 2.26. The Labute approximate surface area is 132 Å². The number of aliphatic carboxylic acids is 1. The quantitative estimate of drug-likeness (QED) is 0.835. The van der Waals surface area contributed by atoms with Gasteiger partial charge in [0.15, 0.2) is 0 Å². The molecule has 2 rings (SSSR count). The van der Waals surface area contributed by atoms with Crippen LogP contribution in [0.3, 0.4) is 0 Å². The number of carboxylic acids is 1. The van der Waals surface area contributed by atoms with Gasteiger partial charge < -0.3 is 5.11 Å². The van der Waals surface area contributed by atoms with Gasteiger partial charge in [0.1, 0.15) is 6.04 Å².